The van der Waals surface area contributed by atoms with Crippen molar-refractivity contribution in [2.45, 2.75) is 0 Å². The third-order valence-electron chi connectivity index (χ3n) is 1.56. The molecule has 0 N–H and O–H groups in total. The van der Waals surface area contributed by atoms with Crippen molar-refractivity contribution in [2.24, 2.45) is 0 Å². The van der Waals surface area contributed by atoms with Crippen LogP contribution < -0.4 is 4.74 Å². The van der Waals surface area contributed by atoms with E-state index in [1.165, 1.54) is 0 Å². The van der Waals surface area contributed by atoms with Gasteiger partial charge in [-0.25, -0.2) is 9.18 Å². The third kappa shape index (κ3) is 2.41. The van der Waals surface area contributed by atoms with Crippen molar-refractivity contribution in [3.8, 4) is 5.75 Å². The summed E-state index contributed by atoms with van der Waals surface area (Å²) in [6.07, 6.45) is -1.26. The lowest BCUT2D eigenvalue weighted by molar-refractivity contribution is -0.387. The lowest BCUT2D eigenvalue weighted by Gasteiger charge is -2.03. The van der Waals surface area contributed by atoms with Crippen LogP contribution in [0.15, 0.2) is 12.1 Å². The van der Waals surface area contributed by atoms with E-state index in [-0.39, 0.29) is 6.07 Å². The molecule has 86 valence electrons. The lowest BCUT2D eigenvalue weighted by atomic mass is 10.3. The molecule has 1 rings (SSSR count). The second-order valence-corrected chi connectivity index (χ2v) is 2.55. The molecule has 0 radical (unpaired) electrons. The predicted octanol–water partition coefficient (Wildman–Crippen LogP) is 2.02. The highest BCUT2D eigenvalue weighted by atomic mass is 19.1. The van der Waals surface area contributed by atoms with Gasteiger partial charge < -0.3 is 9.47 Å². The molecule has 0 aliphatic rings. The zero-order valence-electron chi connectivity index (χ0n) is 7.90. The minimum Gasteiger partial charge on any atom is -0.437 e. The van der Waals surface area contributed by atoms with Crippen LogP contribution in [0.3, 0.4) is 0 Å². The molecule has 0 amide bonds. The first kappa shape index (κ1) is 11.8. The average Bonchev–Trinajstić information content (AvgIpc) is 2.21. The summed E-state index contributed by atoms with van der Waals surface area (Å²) in [7, 11) is 0.970. The Morgan fingerprint density at radius 1 is 1.38 bits per heavy atom. The average molecular weight is 233 g/mol. The molecule has 0 aliphatic carbocycles. The first-order chi connectivity index (χ1) is 7.45. The number of nitro benzene ring substituents is 1. The number of hydrogen-bond donors (Lipinski definition) is 0. The molecule has 0 unspecified atom stereocenters. The summed E-state index contributed by atoms with van der Waals surface area (Å²) in [6, 6.07) is 0.706. The number of halogens is 2. The number of carbonyl (C=O) groups is 1. The van der Waals surface area contributed by atoms with E-state index < -0.39 is 34.2 Å². The summed E-state index contributed by atoms with van der Waals surface area (Å²) in [5, 5.41) is 10.3. The number of methoxy groups -OCH3 is 1. The van der Waals surface area contributed by atoms with Gasteiger partial charge in [-0.2, -0.15) is 4.39 Å². The molecule has 0 fully saturated rings. The zero-order valence-corrected chi connectivity index (χ0v) is 7.90. The number of benzene rings is 1. The summed E-state index contributed by atoms with van der Waals surface area (Å²) in [6.45, 7) is 0. The Morgan fingerprint density at radius 3 is 2.50 bits per heavy atom. The molecule has 0 spiro atoms. The lowest BCUT2D eigenvalue weighted by Crippen LogP contribution is -2.09. The highest BCUT2D eigenvalue weighted by Gasteiger charge is 2.21. The van der Waals surface area contributed by atoms with Crippen LogP contribution in [-0.4, -0.2) is 18.2 Å². The van der Waals surface area contributed by atoms with Crippen molar-refractivity contribution >= 4 is 11.8 Å². The Hall–Kier alpha value is -2.25. The SMILES string of the molecule is COC(=O)Oc1cc([N+](=O)[O-])c(F)cc1F. The molecule has 0 saturated heterocycles. The number of ether oxygens (including phenoxy) is 2. The van der Waals surface area contributed by atoms with Crippen molar-refractivity contribution in [3.63, 3.8) is 0 Å². The van der Waals surface area contributed by atoms with Gasteiger partial charge in [0.05, 0.1) is 18.1 Å². The van der Waals surface area contributed by atoms with Crippen molar-refractivity contribution in [2.75, 3.05) is 7.11 Å². The monoisotopic (exact) mass is 233 g/mol. The highest BCUT2D eigenvalue weighted by Crippen LogP contribution is 2.26. The molecule has 0 saturated carbocycles. The molecular formula is C8H5F2NO5. The largest absolute Gasteiger partial charge is 0.513 e. The summed E-state index contributed by atoms with van der Waals surface area (Å²) in [5.41, 5.74) is -1.000. The summed E-state index contributed by atoms with van der Waals surface area (Å²) < 4.78 is 34.1. The molecule has 0 aromatic heterocycles. The Balaban J connectivity index is 3.14. The van der Waals surface area contributed by atoms with Crippen LogP contribution in [0, 0.1) is 21.7 Å². The molecule has 6 nitrogen and oxygen atoms in total. The van der Waals surface area contributed by atoms with Crippen molar-refractivity contribution < 1.29 is 28.0 Å². The van der Waals surface area contributed by atoms with Gasteiger partial charge in [-0.15, -0.1) is 0 Å². The molecule has 0 aliphatic heterocycles. The van der Waals surface area contributed by atoms with Crippen molar-refractivity contribution in [1.82, 2.24) is 0 Å². The summed E-state index contributed by atoms with van der Waals surface area (Å²) in [5.74, 6) is -3.38. The van der Waals surface area contributed by atoms with Crippen LogP contribution >= 0.6 is 0 Å². The van der Waals surface area contributed by atoms with E-state index in [0.717, 1.165) is 7.11 Å². The molecule has 16 heavy (non-hydrogen) atoms. The van der Waals surface area contributed by atoms with E-state index in [4.69, 9.17) is 0 Å². The van der Waals surface area contributed by atoms with Gasteiger partial charge >= 0.3 is 11.8 Å². The van der Waals surface area contributed by atoms with Gasteiger partial charge in [0.1, 0.15) is 0 Å². The van der Waals surface area contributed by atoms with Crippen LogP contribution in [0.25, 0.3) is 0 Å². The van der Waals surface area contributed by atoms with Gasteiger partial charge in [-0.05, 0) is 0 Å². The molecule has 8 heteroatoms. The Bertz CT molecular complexity index is 448. The van der Waals surface area contributed by atoms with Crippen molar-refractivity contribution in [3.05, 3.63) is 33.9 Å². The van der Waals surface area contributed by atoms with Crippen LogP contribution in [0.4, 0.5) is 19.3 Å². The number of nitrogens with zero attached hydrogens (tertiary/aromatic N) is 1. The van der Waals surface area contributed by atoms with E-state index in [9.17, 15) is 23.7 Å². The topological polar surface area (TPSA) is 78.7 Å². The predicted molar refractivity (Wildman–Crippen MR) is 46.0 cm³/mol. The maximum atomic E-state index is 13.0. The first-order valence-corrected chi connectivity index (χ1v) is 3.85. The molecule has 1 aromatic rings. The Morgan fingerprint density at radius 2 is 2.00 bits per heavy atom. The fraction of sp³-hybridized carbons (Fsp3) is 0.125. The molecule has 0 atom stereocenters. The summed E-state index contributed by atoms with van der Waals surface area (Å²) >= 11 is 0. The van der Waals surface area contributed by atoms with E-state index in [0.29, 0.717) is 6.07 Å². The fourth-order valence-corrected chi connectivity index (χ4v) is 0.868. The van der Waals surface area contributed by atoms with Gasteiger partial charge in [-0.3, -0.25) is 10.1 Å². The van der Waals surface area contributed by atoms with E-state index in [2.05, 4.69) is 9.47 Å². The second kappa shape index (κ2) is 4.51. The van der Waals surface area contributed by atoms with E-state index >= 15 is 0 Å². The smallest absolute Gasteiger partial charge is 0.437 e. The van der Waals surface area contributed by atoms with Gasteiger partial charge in [0.25, 0.3) is 0 Å². The second-order valence-electron chi connectivity index (χ2n) is 2.55. The van der Waals surface area contributed by atoms with Gasteiger partial charge in [0, 0.05) is 6.07 Å². The Kier molecular flexibility index (Phi) is 3.33. The zero-order chi connectivity index (χ0) is 12.3. The van der Waals surface area contributed by atoms with E-state index in [1.54, 1.807) is 0 Å². The van der Waals surface area contributed by atoms with Crippen LogP contribution in [0.5, 0.6) is 5.75 Å². The third-order valence-corrected chi connectivity index (χ3v) is 1.56. The number of hydrogen-bond acceptors (Lipinski definition) is 5. The first-order valence-electron chi connectivity index (χ1n) is 3.85. The molecule has 0 bridgehead atoms. The fourth-order valence-electron chi connectivity index (χ4n) is 0.868. The molecule has 0 heterocycles. The summed E-state index contributed by atoms with van der Waals surface area (Å²) in [4.78, 5) is 19.9. The van der Waals surface area contributed by atoms with Crippen LogP contribution in [0.2, 0.25) is 0 Å². The highest BCUT2D eigenvalue weighted by molar-refractivity contribution is 5.64. The van der Waals surface area contributed by atoms with E-state index in [1.807, 2.05) is 0 Å². The standard InChI is InChI=1S/C8H5F2NO5/c1-15-8(12)16-7-3-6(11(13)14)4(9)2-5(7)10/h2-3H,1H3. The minimum atomic E-state index is -1.36. The quantitative estimate of drug-likeness (QED) is 0.338. The van der Waals surface area contributed by atoms with Gasteiger partial charge in [0.2, 0.25) is 5.82 Å². The molecule has 1 aromatic carbocycles. The maximum absolute atomic E-state index is 13.0. The Labute approximate surface area is 87.5 Å². The van der Waals surface area contributed by atoms with Gasteiger partial charge in [-0.1, -0.05) is 0 Å². The van der Waals surface area contributed by atoms with Crippen LogP contribution in [-0.2, 0) is 4.74 Å². The normalized spacial score (nSPS) is 9.69. The minimum absolute atomic E-state index is 0.246. The van der Waals surface area contributed by atoms with Gasteiger partial charge in [0.15, 0.2) is 11.6 Å². The van der Waals surface area contributed by atoms with Crippen LogP contribution in [0.1, 0.15) is 0 Å². The number of carbonyl (C=O) groups excluding carboxylic acids is 1. The number of rotatable bonds is 2. The maximum Gasteiger partial charge on any atom is 0.513 e. The number of nitro groups is 1. The van der Waals surface area contributed by atoms with Crippen molar-refractivity contribution in [1.29, 1.82) is 0 Å². The molecular weight excluding hydrogens is 228 g/mol.